The second-order valence-electron chi connectivity index (χ2n) is 4.16. The van der Waals surface area contributed by atoms with Crippen LogP contribution in [-0.4, -0.2) is 22.5 Å². The van der Waals surface area contributed by atoms with E-state index in [1.165, 1.54) is 11.3 Å². The van der Waals surface area contributed by atoms with E-state index in [1.807, 2.05) is 36.6 Å². The molecule has 0 unspecified atom stereocenters. The van der Waals surface area contributed by atoms with Crippen LogP contribution in [0.4, 0.5) is 5.13 Å². The summed E-state index contributed by atoms with van der Waals surface area (Å²) in [6.07, 6.45) is 1.65. The molecule has 2 N–H and O–H groups in total. The smallest absolute Gasteiger partial charge is 0.273 e. The molecule has 2 heterocycles. The van der Waals surface area contributed by atoms with Crippen LogP contribution in [-0.2, 0) is 0 Å². The summed E-state index contributed by atoms with van der Waals surface area (Å²) in [5.74, 6) is 0.586. The number of nitrogens with zero attached hydrogens (tertiary/aromatic N) is 1. The molecule has 2 aromatic heterocycles. The third-order valence-electron chi connectivity index (χ3n) is 2.80. The molecule has 0 fully saturated rings. The number of rotatable bonds is 4. The first-order valence-electron chi connectivity index (χ1n) is 6.22. The van der Waals surface area contributed by atoms with Gasteiger partial charge in [0.05, 0.1) is 6.61 Å². The maximum absolute atomic E-state index is 12.1. The van der Waals surface area contributed by atoms with Crippen LogP contribution in [0.25, 0.3) is 10.9 Å². The summed E-state index contributed by atoms with van der Waals surface area (Å²) < 4.78 is 5.44. The van der Waals surface area contributed by atoms with Gasteiger partial charge in [-0.05, 0) is 25.1 Å². The Hall–Kier alpha value is -2.34. The Morgan fingerprint density at radius 3 is 3.10 bits per heavy atom. The van der Waals surface area contributed by atoms with Gasteiger partial charge in [0.25, 0.3) is 5.91 Å². The van der Waals surface area contributed by atoms with Gasteiger partial charge in [-0.15, -0.1) is 11.3 Å². The fourth-order valence-electron chi connectivity index (χ4n) is 1.93. The molecule has 0 spiro atoms. The number of aromatic nitrogens is 2. The molecule has 20 heavy (non-hydrogen) atoms. The van der Waals surface area contributed by atoms with Crippen LogP contribution in [0.5, 0.6) is 5.75 Å². The number of aromatic amines is 1. The first-order valence-corrected chi connectivity index (χ1v) is 7.10. The Balaban J connectivity index is 1.86. The molecule has 0 aliphatic heterocycles. The fourth-order valence-corrected chi connectivity index (χ4v) is 2.46. The van der Waals surface area contributed by atoms with Gasteiger partial charge in [-0.1, -0.05) is 0 Å². The molecule has 0 atom stereocenters. The standard InChI is InChI=1S/C14H13N3O2S/c1-2-19-10-4-3-9-7-12(16-11(9)8-10)13(18)17-14-15-5-6-20-14/h3-8,16H,2H2,1H3,(H,15,17,18). The molecule has 1 aromatic carbocycles. The number of fused-ring (bicyclic) bond motifs is 1. The summed E-state index contributed by atoms with van der Waals surface area (Å²) in [4.78, 5) is 19.2. The van der Waals surface area contributed by atoms with Crippen LogP contribution >= 0.6 is 11.3 Å². The summed E-state index contributed by atoms with van der Waals surface area (Å²) in [5.41, 5.74) is 1.38. The number of carbonyl (C=O) groups is 1. The summed E-state index contributed by atoms with van der Waals surface area (Å²) in [6.45, 7) is 2.55. The van der Waals surface area contributed by atoms with Gasteiger partial charge >= 0.3 is 0 Å². The lowest BCUT2D eigenvalue weighted by Gasteiger charge is -2.01. The summed E-state index contributed by atoms with van der Waals surface area (Å²) >= 11 is 1.38. The Kier molecular flexibility index (Phi) is 3.39. The van der Waals surface area contributed by atoms with Gasteiger partial charge in [0, 0.05) is 28.5 Å². The molecular formula is C14H13N3O2S. The second kappa shape index (κ2) is 5.34. The van der Waals surface area contributed by atoms with Crippen molar-refractivity contribution in [2.45, 2.75) is 6.92 Å². The molecule has 0 aliphatic rings. The van der Waals surface area contributed by atoms with Gasteiger partial charge in [-0.25, -0.2) is 4.98 Å². The molecule has 1 amide bonds. The van der Waals surface area contributed by atoms with Crippen molar-refractivity contribution in [3.05, 3.63) is 41.5 Å². The molecule has 102 valence electrons. The maximum atomic E-state index is 12.1. The van der Waals surface area contributed by atoms with E-state index in [1.54, 1.807) is 6.20 Å². The molecule has 0 saturated carbocycles. The Labute approximate surface area is 119 Å². The second-order valence-corrected chi connectivity index (χ2v) is 5.05. The van der Waals surface area contributed by atoms with Gasteiger partial charge < -0.3 is 9.72 Å². The van der Waals surface area contributed by atoms with E-state index in [0.29, 0.717) is 17.4 Å². The number of ether oxygens (including phenoxy) is 1. The lowest BCUT2D eigenvalue weighted by molar-refractivity contribution is 0.102. The van der Waals surface area contributed by atoms with E-state index < -0.39 is 0 Å². The fraction of sp³-hybridized carbons (Fsp3) is 0.143. The molecule has 3 aromatic rings. The average molecular weight is 287 g/mol. The minimum Gasteiger partial charge on any atom is -0.494 e. The zero-order chi connectivity index (χ0) is 13.9. The van der Waals surface area contributed by atoms with Crippen molar-refractivity contribution in [3.63, 3.8) is 0 Å². The van der Waals surface area contributed by atoms with Crippen molar-refractivity contribution in [3.8, 4) is 5.75 Å². The Morgan fingerprint density at radius 1 is 1.45 bits per heavy atom. The van der Waals surface area contributed by atoms with Crippen LogP contribution < -0.4 is 10.1 Å². The molecule has 5 nitrogen and oxygen atoms in total. The largest absolute Gasteiger partial charge is 0.494 e. The monoisotopic (exact) mass is 287 g/mol. The number of amides is 1. The number of nitrogens with one attached hydrogen (secondary N) is 2. The maximum Gasteiger partial charge on any atom is 0.273 e. The van der Waals surface area contributed by atoms with Crippen molar-refractivity contribution in [1.82, 2.24) is 9.97 Å². The molecule has 0 bridgehead atoms. The van der Waals surface area contributed by atoms with Gasteiger partial charge in [0.1, 0.15) is 11.4 Å². The lowest BCUT2D eigenvalue weighted by Crippen LogP contribution is -2.11. The average Bonchev–Trinajstić information content (AvgIpc) is 3.07. The quantitative estimate of drug-likeness (QED) is 0.774. The van der Waals surface area contributed by atoms with Crippen molar-refractivity contribution in [2.24, 2.45) is 0 Å². The number of hydrogen-bond donors (Lipinski definition) is 2. The highest BCUT2D eigenvalue weighted by Crippen LogP contribution is 2.22. The third kappa shape index (κ3) is 2.50. The van der Waals surface area contributed by atoms with Crippen molar-refractivity contribution in [2.75, 3.05) is 11.9 Å². The normalized spacial score (nSPS) is 10.7. The van der Waals surface area contributed by atoms with E-state index >= 15 is 0 Å². The first-order chi connectivity index (χ1) is 9.76. The van der Waals surface area contributed by atoms with Crippen LogP contribution in [0.15, 0.2) is 35.8 Å². The highest BCUT2D eigenvalue weighted by Gasteiger charge is 2.11. The van der Waals surface area contributed by atoms with E-state index in [4.69, 9.17) is 4.74 Å². The zero-order valence-corrected chi connectivity index (χ0v) is 11.7. The van der Waals surface area contributed by atoms with E-state index in [0.717, 1.165) is 16.7 Å². The zero-order valence-electron chi connectivity index (χ0n) is 10.8. The SMILES string of the molecule is CCOc1ccc2cc(C(=O)Nc3nccs3)[nH]c2c1. The third-order valence-corrected chi connectivity index (χ3v) is 3.49. The first kappa shape index (κ1) is 12.7. The van der Waals surface area contributed by atoms with Crippen LogP contribution in [0.2, 0.25) is 0 Å². The van der Waals surface area contributed by atoms with Crippen LogP contribution in [0.1, 0.15) is 17.4 Å². The molecular weight excluding hydrogens is 274 g/mol. The number of benzene rings is 1. The number of anilines is 1. The Morgan fingerprint density at radius 2 is 2.35 bits per heavy atom. The minimum atomic E-state index is -0.200. The van der Waals surface area contributed by atoms with Gasteiger partial charge in [-0.3, -0.25) is 10.1 Å². The predicted octanol–water partition coefficient (Wildman–Crippen LogP) is 3.28. The minimum absolute atomic E-state index is 0.200. The summed E-state index contributed by atoms with van der Waals surface area (Å²) in [6, 6.07) is 7.52. The molecule has 0 radical (unpaired) electrons. The van der Waals surface area contributed by atoms with Crippen LogP contribution in [0, 0.1) is 0 Å². The molecule has 0 aliphatic carbocycles. The van der Waals surface area contributed by atoms with Crippen molar-refractivity contribution < 1.29 is 9.53 Å². The van der Waals surface area contributed by atoms with Crippen molar-refractivity contribution in [1.29, 1.82) is 0 Å². The van der Waals surface area contributed by atoms with E-state index in [-0.39, 0.29) is 5.91 Å². The number of H-pyrrole nitrogens is 1. The highest BCUT2D eigenvalue weighted by molar-refractivity contribution is 7.13. The van der Waals surface area contributed by atoms with E-state index in [9.17, 15) is 4.79 Å². The molecule has 6 heteroatoms. The number of hydrogen-bond acceptors (Lipinski definition) is 4. The number of carbonyl (C=O) groups excluding carboxylic acids is 1. The topological polar surface area (TPSA) is 67.0 Å². The lowest BCUT2D eigenvalue weighted by atomic mass is 10.2. The van der Waals surface area contributed by atoms with Gasteiger partial charge in [0.2, 0.25) is 0 Å². The summed E-state index contributed by atoms with van der Waals surface area (Å²) in [5, 5.41) is 6.12. The highest BCUT2D eigenvalue weighted by atomic mass is 32.1. The van der Waals surface area contributed by atoms with Gasteiger partial charge in [-0.2, -0.15) is 0 Å². The molecule has 3 rings (SSSR count). The predicted molar refractivity (Wildman–Crippen MR) is 79.5 cm³/mol. The van der Waals surface area contributed by atoms with Crippen LogP contribution in [0.3, 0.4) is 0 Å². The summed E-state index contributed by atoms with van der Waals surface area (Å²) in [7, 11) is 0. The number of thiazole rings is 1. The Bertz CT molecular complexity index is 734. The van der Waals surface area contributed by atoms with Crippen molar-refractivity contribution >= 4 is 33.3 Å². The van der Waals surface area contributed by atoms with Gasteiger partial charge in [0.15, 0.2) is 5.13 Å². The van der Waals surface area contributed by atoms with E-state index in [2.05, 4.69) is 15.3 Å². The molecule has 0 saturated heterocycles.